The van der Waals surface area contributed by atoms with E-state index in [0.717, 1.165) is 11.3 Å². The van der Waals surface area contributed by atoms with Crippen molar-refractivity contribution in [3.05, 3.63) is 65.7 Å². The van der Waals surface area contributed by atoms with Gasteiger partial charge < -0.3 is 5.32 Å². The molecule has 1 amide bonds. The van der Waals surface area contributed by atoms with Gasteiger partial charge in [-0.2, -0.15) is 0 Å². The van der Waals surface area contributed by atoms with Crippen LogP contribution < -0.4 is 5.32 Å². The predicted molar refractivity (Wildman–Crippen MR) is 79.9 cm³/mol. The van der Waals surface area contributed by atoms with Crippen molar-refractivity contribution in [3.63, 3.8) is 0 Å². The predicted octanol–water partition coefficient (Wildman–Crippen LogP) is 3.63. The Morgan fingerprint density at radius 2 is 1.55 bits per heavy atom. The third-order valence-electron chi connectivity index (χ3n) is 3.31. The zero-order valence-electron chi connectivity index (χ0n) is 11.6. The zero-order chi connectivity index (χ0) is 14.5. The monoisotopic (exact) mass is 267 g/mol. The van der Waals surface area contributed by atoms with E-state index in [1.165, 1.54) is 0 Å². The molecule has 1 unspecified atom stereocenters. The molecule has 0 spiro atoms. The number of nitrogens with one attached hydrogen (secondary N) is 1. The summed E-state index contributed by atoms with van der Waals surface area (Å²) in [6, 6.07) is 16.4. The summed E-state index contributed by atoms with van der Waals surface area (Å²) in [5, 5.41) is 2.82. The van der Waals surface area contributed by atoms with E-state index in [2.05, 4.69) is 5.32 Å². The van der Waals surface area contributed by atoms with Gasteiger partial charge in [0.25, 0.3) is 5.91 Å². The van der Waals surface area contributed by atoms with Gasteiger partial charge in [-0.15, -0.1) is 0 Å². The molecule has 1 atom stereocenters. The molecule has 0 bridgehead atoms. The zero-order valence-corrected chi connectivity index (χ0v) is 11.6. The highest BCUT2D eigenvalue weighted by molar-refractivity contribution is 6.04. The van der Waals surface area contributed by atoms with Gasteiger partial charge in [0.05, 0.1) is 0 Å². The fourth-order valence-electron chi connectivity index (χ4n) is 1.88. The lowest BCUT2D eigenvalue weighted by Gasteiger charge is -2.09. The normalized spacial score (nSPS) is 11.7. The molecule has 2 aromatic carbocycles. The molecule has 0 aliphatic heterocycles. The lowest BCUT2D eigenvalue weighted by atomic mass is 9.96. The van der Waals surface area contributed by atoms with Gasteiger partial charge in [0, 0.05) is 17.2 Å². The summed E-state index contributed by atoms with van der Waals surface area (Å²) in [4.78, 5) is 23.4. The molecule has 0 aromatic heterocycles. The Hall–Kier alpha value is -2.42. The van der Waals surface area contributed by atoms with Crippen LogP contribution in [0.25, 0.3) is 0 Å². The molecule has 0 fully saturated rings. The van der Waals surface area contributed by atoms with Crippen molar-refractivity contribution in [1.82, 2.24) is 0 Å². The van der Waals surface area contributed by atoms with Crippen LogP contribution in [0.2, 0.25) is 0 Å². The van der Waals surface area contributed by atoms with Crippen molar-refractivity contribution in [2.45, 2.75) is 19.8 Å². The number of anilines is 1. The van der Waals surface area contributed by atoms with Gasteiger partial charge in [0.15, 0.2) is 0 Å². The van der Waals surface area contributed by atoms with Crippen LogP contribution in [0.4, 0.5) is 5.69 Å². The highest BCUT2D eigenvalue weighted by Crippen LogP contribution is 2.17. The van der Waals surface area contributed by atoms with E-state index < -0.39 is 0 Å². The summed E-state index contributed by atoms with van der Waals surface area (Å²) >= 11 is 0. The lowest BCUT2D eigenvalue weighted by Crippen LogP contribution is -2.12. The van der Waals surface area contributed by atoms with Crippen LogP contribution in [0.15, 0.2) is 54.6 Å². The first kappa shape index (κ1) is 14.0. The molecular formula is C17H17NO2. The Balaban J connectivity index is 2.10. The number of para-hydroxylation sites is 1. The van der Waals surface area contributed by atoms with Crippen molar-refractivity contribution in [1.29, 1.82) is 0 Å². The molecule has 20 heavy (non-hydrogen) atoms. The largest absolute Gasteiger partial charge is 0.322 e. The molecule has 0 radical (unpaired) electrons. The maximum atomic E-state index is 12.1. The molecule has 0 aliphatic carbocycles. The molecular weight excluding hydrogens is 250 g/mol. The maximum absolute atomic E-state index is 12.1. The van der Waals surface area contributed by atoms with Gasteiger partial charge >= 0.3 is 0 Å². The molecule has 3 nitrogen and oxygen atoms in total. The highest BCUT2D eigenvalue weighted by Gasteiger charge is 2.11. The molecule has 1 N–H and O–H groups in total. The average Bonchev–Trinajstić information content (AvgIpc) is 2.47. The minimum absolute atomic E-state index is 0.117. The van der Waals surface area contributed by atoms with Crippen LogP contribution >= 0.6 is 0 Å². The minimum atomic E-state index is -0.154. The second-order valence-electron chi connectivity index (χ2n) is 4.77. The van der Waals surface area contributed by atoms with Crippen molar-refractivity contribution < 1.29 is 9.59 Å². The summed E-state index contributed by atoms with van der Waals surface area (Å²) in [6.07, 6.45) is 0. The molecule has 2 aromatic rings. The van der Waals surface area contributed by atoms with Gasteiger partial charge in [-0.05, 0) is 36.8 Å². The van der Waals surface area contributed by atoms with E-state index in [4.69, 9.17) is 0 Å². The molecule has 3 heteroatoms. The molecule has 2 rings (SSSR count). The van der Waals surface area contributed by atoms with E-state index in [0.29, 0.717) is 5.56 Å². The van der Waals surface area contributed by atoms with E-state index in [-0.39, 0.29) is 17.6 Å². The van der Waals surface area contributed by atoms with E-state index in [9.17, 15) is 9.59 Å². The Bertz CT molecular complexity index is 603. The van der Waals surface area contributed by atoms with Crippen LogP contribution in [0.3, 0.4) is 0 Å². The number of rotatable bonds is 4. The van der Waals surface area contributed by atoms with Crippen molar-refractivity contribution in [3.8, 4) is 0 Å². The van der Waals surface area contributed by atoms with Gasteiger partial charge in [-0.25, -0.2) is 0 Å². The van der Waals surface area contributed by atoms with E-state index in [1.807, 2.05) is 49.4 Å². The van der Waals surface area contributed by atoms with Crippen LogP contribution in [0.5, 0.6) is 0 Å². The molecule has 0 saturated heterocycles. The molecule has 0 heterocycles. The van der Waals surface area contributed by atoms with Gasteiger partial charge in [-0.1, -0.05) is 37.3 Å². The standard InChI is InChI=1S/C17H17NO2/c1-12(13(2)19)14-8-10-15(11-9-14)17(20)18-16-6-4-3-5-7-16/h3-12H,1-2H3,(H,18,20). The minimum Gasteiger partial charge on any atom is -0.322 e. The third kappa shape index (κ3) is 3.32. The highest BCUT2D eigenvalue weighted by atomic mass is 16.1. The first-order chi connectivity index (χ1) is 9.58. The van der Waals surface area contributed by atoms with Gasteiger partial charge in [-0.3, -0.25) is 9.59 Å². The fraction of sp³-hybridized carbons (Fsp3) is 0.176. The number of benzene rings is 2. The first-order valence-electron chi connectivity index (χ1n) is 6.54. The number of amides is 1. The topological polar surface area (TPSA) is 46.2 Å². The summed E-state index contributed by atoms with van der Waals surface area (Å²) in [5.41, 5.74) is 2.26. The number of carbonyl (C=O) groups is 2. The number of carbonyl (C=O) groups excluding carboxylic acids is 2. The first-order valence-corrected chi connectivity index (χ1v) is 6.54. The van der Waals surface area contributed by atoms with E-state index in [1.54, 1.807) is 19.1 Å². The Morgan fingerprint density at radius 3 is 2.10 bits per heavy atom. The van der Waals surface area contributed by atoms with Crippen molar-refractivity contribution in [2.24, 2.45) is 0 Å². The number of hydrogen-bond donors (Lipinski definition) is 1. The average molecular weight is 267 g/mol. The maximum Gasteiger partial charge on any atom is 0.255 e. The Morgan fingerprint density at radius 1 is 0.950 bits per heavy atom. The van der Waals surface area contributed by atoms with Crippen LogP contribution in [0.1, 0.15) is 35.7 Å². The summed E-state index contributed by atoms with van der Waals surface area (Å²) in [7, 11) is 0. The SMILES string of the molecule is CC(=O)C(C)c1ccc(C(=O)Nc2ccccc2)cc1. The molecule has 0 saturated carbocycles. The molecule has 0 aliphatic rings. The smallest absolute Gasteiger partial charge is 0.255 e. The fourth-order valence-corrected chi connectivity index (χ4v) is 1.88. The van der Waals surface area contributed by atoms with E-state index >= 15 is 0 Å². The third-order valence-corrected chi connectivity index (χ3v) is 3.31. The number of ketones is 1. The number of Topliss-reactive ketones (excluding diaryl/α,β-unsaturated/α-hetero) is 1. The van der Waals surface area contributed by atoms with Gasteiger partial charge in [0.2, 0.25) is 0 Å². The van der Waals surface area contributed by atoms with Crippen molar-refractivity contribution in [2.75, 3.05) is 5.32 Å². The summed E-state index contributed by atoms with van der Waals surface area (Å²) < 4.78 is 0. The van der Waals surface area contributed by atoms with Crippen LogP contribution in [-0.4, -0.2) is 11.7 Å². The Labute approximate surface area is 118 Å². The summed E-state index contributed by atoms with van der Waals surface area (Å²) in [5.74, 6) is -0.175. The molecule has 102 valence electrons. The second-order valence-corrected chi connectivity index (χ2v) is 4.77. The Kier molecular flexibility index (Phi) is 4.31. The quantitative estimate of drug-likeness (QED) is 0.919. The lowest BCUT2D eigenvalue weighted by molar-refractivity contribution is -0.118. The van der Waals surface area contributed by atoms with Crippen LogP contribution in [0, 0.1) is 0 Å². The van der Waals surface area contributed by atoms with Gasteiger partial charge in [0.1, 0.15) is 5.78 Å². The van der Waals surface area contributed by atoms with Crippen molar-refractivity contribution >= 4 is 17.4 Å². The number of hydrogen-bond acceptors (Lipinski definition) is 2. The van der Waals surface area contributed by atoms with Crippen LogP contribution in [-0.2, 0) is 4.79 Å². The second kappa shape index (κ2) is 6.15. The summed E-state index contributed by atoms with van der Waals surface area (Å²) in [6.45, 7) is 3.43.